The van der Waals surface area contributed by atoms with Gasteiger partial charge in [-0.1, -0.05) is 68.4 Å². The largest absolute Gasteiger partial charge is 0.352 e. The predicted octanol–water partition coefficient (Wildman–Crippen LogP) is 4.15. The molecule has 0 bridgehead atoms. The van der Waals surface area contributed by atoms with Crippen LogP contribution in [0.4, 0.5) is 0 Å². The maximum absolute atomic E-state index is 12.0. The number of nitrogens with one attached hydrogen (secondary N) is 2. The van der Waals surface area contributed by atoms with E-state index < -0.39 is 0 Å². The van der Waals surface area contributed by atoms with E-state index in [2.05, 4.69) is 31.3 Å². The van der Waals surface area contributed by atoms with Crippen molar-refractivity contribution in [3.8, 4) is 0 Å². The van der Waals surface area contributed by atoms with Gasteiger partial charge in [-0.25, -0.2) is 0 Å². The maximum atomic E-state index is 12.0. The Morgan fingerprint density at radius 1 is 0.958 bits per heavy atom. The predicted molar refractivity (Wildman–Crippen MR) is 99.3 cm³/mol. The van der Waals surface area contributed by atoms with E-state index in [9.17, 15) is 4.79 Å². The van der Waals surface area contributed by atoms with Gasteiger partial charge < -0.3 is 10.7 Å². The monoisotopic (exact) mass is 322 g/mol. The molecule has 0 fully saturated rings. The van der Waals surface area contributed by atoms with E-state index in [4.69, 9.17) is 5.41 Å². The second-order valence-electron chi connectivity index (χ2n) is 6.94. The molecule has 126 valence electrons. The third kappa shape index (κ3) is 5.34. The lowest BCUT2D eigenvalue weighted by Gasteiger charge is -2.23. The van der Waals surface area contributed by atoms with Gasteiger partial charge in [0.05, 0.1) is 6.42 Å². The minimum absolute atomic E-state index is 0.0299. The Labute approximate surface area is 144 Å². The normalized spacial score (nSPS) is 11.1. The smallest absolute Gasteiger partial charge is 0.224 e. The average molecular weight is 322 g/mol. The Balaban J connectivity index is 1.87. The molecule has 0 aliphatic heterocycles. The van der Waals surface area contributed by atoms with Crippen LogP contribution < -0.4 is 5.32 Å². The summed E-state index contributed by atoms with van der Waals surface area (Å²) in [5.41, 5.74) is 3.86. The van der Waals surface area contributed by atoms with Crippen molar-refractivity contribution in [2.75, 3.05) is 0 Å². The SMILES string of the molecule is CC(=N)C(C)(C)Cc1ccc(CC(=O)NCc2ccccc2)cc1. The first kappa shape index (κ1) is 17.9. The van der Waals surface area contributed by atoms with Crippen LogP contribution in [-0.2, 0) is 24.2 Å². The maximum Gasteiger partial charge on any atom is 0.224 e. The van der Waals surface area contributed by atoms with Gasteiger partial charge in [-0.15, -0.1) is 0 Å². The fraction of sp³-hybridized carbons (Fsp3) is 0.333. The van der Waals surface area contributed by atoms with Crippen molar-refractivity contribution in [1.29, 1.82) is 5.41 Å². The zero-order valence-corrected chi connectivity index (χ0v) is 14.7. The standard InChI is InChI=1S/C21H26N2O/c1-16(22)21(2,3)14-18-11-9-17(10-12-18)13-20(24)23-15-19-7-5-4-6-8-19/h4-12,22H,13-15H2,1-3H3,(H,23,24). The van der Waals surface area contributed by atoms with E-state index in [-0.39, 0.29) is 11.3 Å². The number of carbonyl (C=O) groups excluding carboxylic acids is 1. The number of carbonyl (C=O) groups is 1. The molecule has 0 atom stereocenters. The van der Waals surface area contributed by atoms with Gasteiger partial charge in [0.1, 0.15) is 0 Å². The van der Waals surface area contributed by atoms with Gasteiger partial charge in [0.2, 0.25) is 5.91 Å². The van der Waals surface area contributed by atoms with Crippen molar-refractivity contribution in [2.45, 2.75) is 40.2 Å². The number of benzene rings is 2. The number of rotatable bonds is 7. The van der Waals surface area contributed by atoms with Gasteiger partial charge >= 0.3 is 0 Å². The first-order chi connectivity index (χ1) is 11.4. The molecule has 24 heavy (non-hydrogen) atoms. The van der Waals surface area contributed by atoms with Crippen LogP contribution in [0.3, 0.4) is 0 Å². The van der Waals surface area contributed by atoms with Crippen molar-refractivity contribution in [3.05, 3.63) is 71.3 Å². The van der Waals surface area contributed by atoms with Gasteiger partial charge in [0.25, 0.3) is 0 Å². The van der Waals surface area contributed by atoms with E-state index in [1.807, 2.05) is 49.4 Å². The van der Waals surface area contributed by atoms with Crippen LogP contribution >= 0.6 is 0 Å². The zero-order chi connectivity index (χ0) is 17.6. The molecule has 2 aromatic carbocycles. The highest BCUT2D eigenvalue weighted by Gasteiger charge is 2.20. The second kappa shape index (κ2) is 7.91. The van der Waals surface area contributed by atoms with Gasteiger partial charge in [0, 0.05) is 17.7 Å². The Morgan fingerprint density at radius 2 is 1.54 bits per heavy atom. The van der Waals surface area contributed by atoms with E-state index in [1.54, 1.807) is 0 Å². The van der Waals surface area contributed by atoms with Crippen molar-refractivity contribution >= 4 is 11.6 Å². The highest BCUT2D eigenvalue weighted by atomic mass is 16.1. The molecule has 2 aromatic rings. The second-order valence-corrected chi connectivity index (χ2v) is 6.94. The Kier molecular flexibility index (Phi) is 5.91. The van der Waals surface area contributed by atoms with Crippen LogP contribution in [0.25, 0.3) is 0 Å². The molecule has 2 N–H and O–H groups in total. The molecule has 0 heterocycles. The molecule has 2 rings (SSSR count). The van der Waals surface area contributed by atoms with Crippen molar-refractivity contribution < 1.29 is 4.79 Å². The molecule has 3 heteroatoms. The van der Waals surface area contributed by atoms with Crippen molar-refractivity contribution in [3.63, 3.8) is 0 Å². The Hall–Kier alpha value is -2.42. The summed E-state index contributed by atoms with van der Waals surface area (Å²) in [4.78, 5) is 12.0. The summed E-state index contributed by atoms with van der Waals surface area (Å²) in [5, 5.41) is 10.8. The van der Waals surface area contributed by atoms with Crippen LogP contribution in [0.1, 0.15) is 37.5 Å². The Morgan fingerprint density at radius 3 is 2.12 bits per heavy atom. The molecule has 0 aliphatic rings. The first-order valence-electron chi connectivity index (χ1n) is 8.31. The van der Waals surface area contributed by atoms with Crippen molar-refractivity contribution in [2.24, 2.45) is 5.41 Å². The lowest BCUT2D eigenvalue weighted by Crippen LogP contribution is -2.24. The molecule has 0 spiro atoms. The van der Waals surface area contributed by atoms with Crippen LogP contribution in [-0.4, -0.2) is 11.6 Å². The quantitative estimate of drug-likeness (QED) is 0.739. The van der Waals surface area contributed by atoms with E-state index in [0.29, 0.717) is 18.7 Å². The molecule has 0 aromatic heterocycles. The van der Waals surface area contributed by atoms with E-state index in [1.165, 1.54) is 5.56 Å². The van der Waals surface area contributed by atoms with E-state index >= 15 is 0 Å². The lowest BCUT2D eigenvalue weighted by atomic mass is 9.82. The summed E-state index contributed by atoms with van der Waals surface area (Å²) in [6.45, 7) is 6.58. The van der Waals surface area contributed by atoms with Gasteiger partial charge in [-0.2, -0.15) is 0 Å². The van der Waals surface area contributed by atoms with Crippen LogP contribution in [0, 0.1) is 10.8 Å². The average Bonchev–Trinajstić information content (AvgIpc) is 2.55. The lowest BCUT2D eigenvalue weighted by molar-refractivity contribution is -0.120. The minimum Gasteiger partial charge on any atom is -0.352 e. The molecule has 1 amide bonds. The fourth-order valence-electron chi connectivity index (χ4n) is 2.46. The molecule has 3 nitrogen and oxygen atoms in total. The molecular weight excluding hydrogens is 296 g/mol. The topological polar surface area (TPSA) is 53.0 Å². The van der Waals surface area contributed by atoms with Crippen LogP contribution in [0.15, 0.2) is 54.6 Å². The molecule has 0 unspecified atom stereocenters. The molecular formula is C21H26N2O. The third-order valence-corrected chi connectivity index (χ3v) is 4.38. The zero-order valence-electron chi connectivity index (χ0n) is 14.7. The minimum atomic E-state index is -0.130. The van der Waals surface area contributed by atoms with E-state index in [0.717, 1.165) is 17.5 Å². The third-order valence-electron chi connectivity index (χ3n) is 4.38. The Bertz CT molecular complexity index is 688. The number of hydrogen-bond donors (Lipinski definition) is 2. The summed E-state index contributed by atoms with van der Waals surface area (Å²) in [7, 11) is 0. The number of hydrogen-bond acceptors (Lipinski definition) is 2. The van der Waals surface area contributed by atoms with Gasteiger partial charge in [-0.05, 0) is 30.0 Å². The summed E-state index contributed by atoms with van der Waals surface area (Å²) in [6.07, 6.45) is 1.23. The van der Waals surface area contributed by atoms with Gasteiger partial charge in [-0.3, -0.25) is 4.79 Å². The molecule has 0 saturated heterocycles. The number of amides is 1. The highest BCUT2D eigenvalue weighted by molar-refractivity contribution is 5.84. The van der Waals surface area contributed by atoms with Crippen molar-refractivity contribution in [1.82, 2.24) is 5.32 Å². The summed E-state index contributed by atoms with van der Waals surface area (Å²) < 4.78 is 0. The molecule has 0 saturated carbocycles. The fourth-order valence-corrected chi connectivity index (χ4v) is 2.46. The van der Waals surface area contributed by atoms with Gasteiger partial charge in [0.15, 0.2) is 0 Å². The summed E-state index contributed by atoms with van der Waals surface area (Å²) >= 11 is 0. The summed E-state index contributed by atoms with van der Waals surface area (Å²) in [6, 6.07) is 18.0. The molecule has 0 radical (unpaired) electrons. The summed E-state index contributed by atoms with van der Waals surface area (Å²) in [5.74, 6) is 0.0299. The first-order valence-corrected chi connectivity index (χ1v) is 8.31. The van der Waals surface area contributed by atoms with Crippen LogP contribution in [0.2, 0.25) is 0 Å². The molecule has 0 aliphatic carbocycles. The highest BCUT2D eigenvalue weighted by Crippen LogP contribution is 2.23. The van der Waals surface area contributed by atoms with Crippen LogP contribution in [0.5, 0.6) is 0 Å².